The molecule has 2 aromatic rings. The number of carbonyl (C=O) groups is 1. The van der Waals surface area contributed by atoms with Crippen LogP contribution in [0.1, 0.15) is 60.6 Å². The number of aryl methyl sites for hydroxylation is 1. The molecule has 4 aliphatic rings. The Kier molecular flexibility index (Phi) is 5.47. The van der Waals surface area contributed by atoms with Gasteiger partial charge in [-0.15, -0.1) is 0 Å². The van der Waals surface area contributed by atoms with Crippen molar-refractivity contribution < 1.29 is 14.6 Å². The van der Waals surface area contributed by atoms with Crippen LogP contribution in [0.5, 0.6) is 5.75 Å². The molecule has 1 heterocycles. The van der Waals surface area contributed by atoms with E-state index in [1.165, 1.54) is 5.56 Å². The lowest BCUT2D eigenvalue weighted by molar-refractivity contribution is -0.136. The molecule has 2 unspecified atom stereocenters. The van der Waals surface area contributed by atoms with Crippen LogP contribution in [0.15, 0.2) is 42.6 Å². The summed E-state index contributed by atoms with van der Waals surface area (Å²) in [7, 11) is 0. The molecule has 5 nitrogen and oxygen atoms in total. The third kappa shape index (κ3) is 4.33. The van der Waals surface area contributed by atoms with E-state index in [4.69, 9.17) is 4.74 Å². The maximum atomic E-state index is 12.9. The smallest absolute Gasteiger partial charge is 0.251 e. The molecule has 2 N–H and O–H groups in total. The van der Waals surface area contributed by atoms with E-state index in [-0.39, 0.29) is 11.9 Å². The predicted octanol–water partition coefficient (Wildman–Crippen LogP) is 3.93. The Balaban J connectivity index is 1.13. The van der Waals surface area contributed by atoms with Gasteiger partial charge in [0.2, 0.25) is 0 Å². The van der Waals surface area contributed by atoms with Crippen LogP contribution in [0.4, 0.5) is 0 Å². The first-order chi connectivity index (χ1) is 15.0. The molecule has 1 aromatic heterocycles. The van der Waals surface area contributed by atoms with Crippen LogP contribution in [0.2, 0.25) is 0 Å². The average Bonchev–Trinajstić information content (AvgIpc) is 2.76. The third-order valence-corrected chi connectivity index (χ3v) is 7.58. The topological polar surface area (TPSA) is 71.5 Å². The molecule has 4 saturated carbocycles. The lowest BCUT2D eigenvalue weighted by Gasteiger charge is -2.58. The summed E-state index contributed by atoms with van der Waals surface area (Å²) in [5, 5.41) is 14.0. The summed E-state index contributed by atoms with van der Waals surface area (Å²) in [6, 6.07) is 11.8. The molecule has 0 radical (unpaired) electrons. The number of hydrogen-bond donors (Lipinski definition) is 2. The number of benzene rings is 1. The van der Waals surface area contributed by atoms with Crippen molar-refractivity contribution >= 4 is 5.91 Å². The van der Waals surface area contributed by atoms with Crippen molar-refractivity contribution in [2.45, 2.75) is 63.5 Å². The van der Waals surface area contributed by atoms with Gasteiger partial charge in [-0.1, -0.05) is 13.0 Å². The van der Waals surface area contributed by atoms with Crippen LogP contribution in [0, 0.1) is 17.8 Å². The Morgan fingerprint density at radius 1 is 1.13 bits per heavy atom. The molecule has 2 atom stereocenters. The summed E-state index contributed by atoms with van der Waals surface area (Å²) in [5.41, 5.74) is 2.46. The third-order valence-electron chi connectivity index (χ3n) is 7.58. The maximum absolute atomic E-state index is 12.9. The Morgan fingerprint density at radius 3 is 2.48 bits per heavy atom. The molecule has 31 heavy (non-hydrogen) atoms. The van der Waals surface area contributed by atoms with Gasteiger partial charge in [0.25, 0.3) is 5.91 Å². The van der Waals surface area contributed by atoms with Crippen molar-refractivity contribution in [3.63, 3.8) is 0 Å². The molecule has 1 aromatic carbocycles. The van der Waals surface area contributed by atoms with Gasteiger partial charge < -0.3 is 15.2 Å². The van der Waals surface area contributed by atoms with Crippen molar-refractivity contribution in [2.75, 3.05) is 6.61 Å². The Bertz CT molecular complexity index is 909. The number of aliphatic hydroxyl groups is 1. The Hall–Kier alpha value is -2.40. The van der Waals surface area contributed by atoms with Gasteiger partial charge in [0.05, 0.1) is 12.2 Å². The van der Waals surface area contributed by atoms with E-state index in [9.17, 15) is 9.90 Å². The summed E-state index contributed by atoms with van der Waals surface area (Å²) in [5.74, 6) is 2.23. The van der Waals surface area contributed by atoms with E-state index in [0.29, 0.717) is 29.9 Å². The van der Waals surface area contributed by atoms with E-state index in [0.717, 1.165) is 56.4 Å². The fraction of sp³-hybridized carbons (Fsp3) is 0.538. The molecule has 1 amide bonds. The SMILES string of the molecule is CCc1ccc(CCOc2ccc(C(=O)NC3C4CC5CC3CC(O)(C5)C4)cc2)nc1. The molecule has 0 aliphatic heterocycles. The van der Waals surface area contributed by atoms with Gasteiger partial charge in [-0.2, -0.15) is 0 Å². The first kappa shape index (κ1) is 20.5. The molecular weight excluding hydrogens is 388 g/mol. The van der Waals surface area contributed by atoms with Crippen LogP contribution < -0.4 is 10.1 Å². The number of ether oxygens (including phenoxy) is 1. The molecule has 0 saturated heterocycles. The molecular formula is C26H32N2O3. The minimum absolute atomic E-state index is 0.0174. The second-order valence-corrected chi connectivity index (χ2v) is 9.83. The average molecular weight is 421 g/mol. The first-order valence-electron chi connectivity index (χ1n) is 11.7. The molecule has 164 valence electrons. The van der Waals surface area contributed by atoms with Crippen LogP contribution in [-0.4, -0.2) is 34.2 Å². The second-order valence-electron chi connectivity index (χ2n) is 9.83. The van der Waals surface area contributed by atoms with Gasteiger partial charge in [0.1, 0.15) is 5.75 Å². The van der Waals surface area contributed by atoms with Crippen molar-refractivity contribution in [1.82, 2.24) is 10.3 Å². The zero-order chi connectivity index (χ0) is 21.4. The highest BCUT2D eigenvalue weighted by atomic mass is 16.5. The van der Waals surface area contributed by atoms with Gasteiger partial charge in [-0.25, -0.2) is 0 Å². The molecule has 6 rings (SSSR count). The van der Waals surface area contributed by atoms with E-state index in [1.807, 2.05) is 30.5 Å². The molecule has 0 spiro atoms. The van der Waals surface area contributed by atoms with Crippen LogP contribution in [-0.2, 0) is 12.8 Å². The molecule has 4 aliphatic carbocycles. The highest BCUT2D eigenvalue weighted by Crippen LogP contribution is 2.55. The maximum Gasteiger partial charge on any atom is 0.251 e. The van der Waals surface area contributed by atoms with E-state index < -0.39 is 5.60 Å². The fourth-order valence-corrected chi connectivity index (χ4v) is 6.24. The summed E-state index contributed by atoms with van der Waals surface area (Å²) < 4.78 is 5.84. The zero-order valence-corrected chi connectivity index (χ0v) is 18.2. The van der Waals surface area contributed by atoms with Crippen LogP contribution in [0.25, 0.3) is 0 Å². The lowest BCUT2D eigenvalue weighted by Crippen LogP contribution is -2.61. The van der Waals surface area contributed by atoms with Crippen LogP contribution in [0.3, 0.4) is 0 Å². The summed E-state index contributed by atoms with van der Waals surface area (Å²) in [6.45, 7) is 2.68. The summed E-state index contributed by atoms with van der Waals surface area (Å²) in [6.07, 6.45) is 8.61. The van der Waals surface area contributed by atoms with Gasteiger partial charge in [-0.05, 0) is 92.2 Å². The monoisotopic (exact) mass is 420 g/mol. The van der Waals surface area contributed by atoms with Crippen LogP contribution >= 0.6 is 0 Å². The number of nitrogens with one attached hydrogen (secondary N) is 1. The van der Waals surface area contributed by atoms with E-state index in [2.05, 4.69) is 29.4 Å². The van der Waals surface area contributed by atoms with E-state index in [1.54, 1.807) is 0 Å². The predicted molar refractivity (Wildman–Crippen MR) is 119 cm³/mol. The highest BCUT2D eigenvalue weighted by molar-refractivity contribution is 5.94. The lowest BCUT2D eigenvalue weighted by atomic mass is 9.52. The second kappa shape index (κ2) is 8.27. The quantitative estimate of drug-likeness (QED) is 0.712. The number of carbonyl (C=O) groups excluding carboxylic acids is 1. The van der Waals surface area contributed by atoms with Gasteiger partial charge >= 0.3 is 0 Å². The molecule has 4 fully saturated rings. The Labute approximate surface area is 184 Å². The zero-order valence-electron chi connectivity index (χ0n) is 18.2. The largest absolute Gasteiger partial charge is 0.493 e. The standard InChI is InChI=1S/C26H32N2O3/c1-2-17-3-6-22(27-16-17)9-10-31-23-7-4-19(5-8-23)25(29)28-24-20-11-18-12-21(24)15-26(30,13-18)14-20/h3-8,16,18,20-21,24,30H,2,9-15H2,1H3,(H,28,29). The molecule has 5 heteroatoms. The minimum atomic E-state index is -0.468. The van der Waals surface area contributed by atoms with Gasteiger partial charge in [0, 0.05) is 29.9 Å². The summed E-state index contributed by atoms with van der Waals surface area (Å²) >= 11 is 0. The normalized spacial score (nSPS) is 30.9. The van der Waals surface area contributed by atoms with Crippen molar-refractivity contribution in [3.05, 3.63) is 59.4 Å². The van der Waals surface area contributed by atoms with Gasteiger partial charge in [-0.3, -0.25) is 9.78 Å². The number of aromatic nitrogens is 1. The fourth-order valence-electron chi connectivity index (χ4n) is 6.24. The number of nitrogens with zero attached hydrogens (tertiary/aromatic N) is 1. The first-order valence-corrected chi connectivity index (χ1v) is 11.7. The van der Waals surface area contributed by atoms with Crippen molar-refractivity contribution in [3.8, 4) is 5.75 Å². The van der Waals surface area contributed by atoms with Crippen molar-refractivity contribution in [2.24, 2.45) is 17.8 Å². The van der Waals surface area contributed by atoms with Crippen molar-refractivity contribution in [1.29, 1.82) is 0 Å². The number of pyridine rings is 1. The van der Waals surface area contributed by atoms with E-state index >= 15 is 0 Å². The minimum Gasteiger partial charge on any atom is -0.493 e. The number of rotatable bonds is 7. The number of amides is 1. The van der Waals surface area contributed by atoms with Gasteiger partial charge in [0.15, 0.2) is 0 Å². The highest BCUT2D eigenvalue weighted by Gasteiger charge is 2.55. The number of hydrogen-bond acceptors (Lipinski definition) is 4. The molecule has 4 bridgehead atoms. The summed E-state index contributed by atoms with van der Waals surface area (Å²) in [4.78, 5) is 17.3. The Morgan fingerprint density at radius 2 is 1.87 bits per heavy atom.